The smallest absolute Gasteiger partial charge is 0.274 e. The molecule has 0 saturated carbocycles. The maximum Gasteiger partial charge on any atom is 0.274 e. The molecule has 36 heavy (non-hydrogen) atoms. The van der Waals surface area contributed by atoms with Gasteiger partial charge in [0.15, 0.2) is 22.5 Å². The van der Waals surface area contributed by atoms with E-state index in [2.05, 4.69) is 32.8 Å². The summed E-state index contributed by atoms with van der Waals surface area (Å²) < 4.78 is 5.88. The third-order valence-corrected chi connectivity index (χ3v) is 6.31. The first-order valence-corrected chi connectivity index (χ1v) is 12.1. The molecular weight excluding hydrogens is 486 g/mol. The topological polar surface area (TPSA) is 178 Å². The molecule has 1 aromatic carbocycles. The Morgan fingerprint density at radius 3 is 2.61 bits per heavy atom. The van der Waals surface area contributed by atoms with Gasteiger partial charge in [0.1, 0.15) is 24.0 Å². The van der Waals surface area contributed by atoms with Gasteiger partial charge in [-0.25, -0.2) is 9.97 Å². The molecule has 0 spiro atoms. The third-order valence-electron chi connectivity index (χ3n) is 6.03. The summed E-state index contributed by atoms with van der Waals surface area (Å²) in [4.78, 5) is 33.0. The van der Waals surface area contributed by atoms with Gasteiger partial charge in [0, 0.05) is 6.54 Å². The maximum atomic E-state index is 12.8. The highest BCUT2D eigenvalue weighted by molar-refractivity contribution is 6.31. The number of halogens is 1. The summed E-state index contributed by atoms with van der Waals surface area (Å²) in [6.45, 7) is 7.19. The van der Waals surface area contributed by atoms with Gasteiger partial charge < -0.3 is 31.9 Å². The van der Waals surface area contributed by atoms with E-state index in [9.17, 15) is 14.7 Å². The summed E-state index contributed by atoms with van der Waals surface area (Å²) in [6, 6.07) is 4.00. The molecule has 0 aliphatic heterocycles. The SMILES string of the molecule is Cc1ccc(OCC(O)CNC(C)NC(=O)C(C)(C)NC(=O)c2nc(Cl)c(N)nc2N)c2c1CCC2. The average Bonchev–Trinajstić information content (AvgIpc) is 3.30. The molecule has 0 radical (unpaired) electrons. The minimum absolute atomic E-state index is 0.0991. The largest absolute Gasteiger partial charge is 0.491 e. The van der Waals surface area contributed by atoms with Crippen LogP contribution in [0.5, 0.6) is 5.75 Å². The second-order valence-corrected chi connectivity index (χ2v) is 9.83. The minimum atomic E-state index is -1.32. The molecule has 1 aromatic heterocycles. The zero-order valence-corrected chi connectivity index (χ0v) is 21.7. The molecule has 0 fully saturated rings. The first-order chi connectivity index (χ1) is 16.9. The molecule has 0 saturated heterocycles. The van der Waals surface area contributed by atoms with Crippen molar-refractivity contribution in [3.05, 3.63) is 39.7 Å². The molecule has 196 valence electrons. The Balaban J connectivity index is 1.47. The highest BCUT2D eigenvalue weighted by Gasteiger charge is 2.32. The Morgan fingerprint density at radius 1 is 1.19 bits per heavy atom. The third kappa shape index (κ3) is 6.54. The van der Waals surface area contributed by atoms with Crippen molar-refractivity contribution in [1.29, 1.82) is 0 Å². The van der Waals surface area contributed by atoms with Crippen LogP contribution < -0.4 is 32.2 Å². The van der Waals surface area contributed by atoms with Gasteiger partial charge in [-0.1, -0.05) is 17.7 Å². The monoisotopic (exact) mass is 519 g/mol. The summed E-state index contributed by atoms with van der Waals surface area (Å²) in [7, 11) is 0. The molecule has 1 heterocycles. The number of ether oxygens (including phenoxy) is 1. The van der Waals surface area contributed by atoms with Crippen molar-refractivity contribution in [1.82, 2.24) is 25.9 Å². The van der Waals surface area contributed by atoms with Gasteiger partial charge in [-0.15, -0.1) is 0 Å². The van der Waals surface area contributed by atoms with E-state index in [0.717, 1.165) is 25.0 Å². The predicted octanol–water partition coefficient (Wildman–Crippen LogP) is 1.09. The number of nitrogens with zero attached hydrogens (tertiary/aromatic N) is 2. The first-order valence-electron chi connectivity index (χ1n) is 11.8. The number of carbonyl (C=O) groups is 2. The van der Waals surface area contributed by atoms with E-state index in [1.54, 1.807) is 6.92 Å². The number of fused-ring (bicyclic) bond motifs is 1. The van der Waals surface area contributed by atoms with Gasteiger partial charge >= 0.3 is 0 Å². The molecule has 12 heteroatoms. The van der Waals surface area contributed by atoms with Crippen molar-refractivity contribution >= 4 is 35.1 Å². The van der Waals surface area contributed by atoms with Crippen molar-refractivity contribution in [2.45, 2.75) is 64.8 Å². The standard InChI is InChI=1S/C24H34ClN7O4/c1-12-8-9-17(16-7-5-6-15(12)16)36-11-14(33)10-28-13(2)29-23(35)24(3,4)32-22(34)18-20(26)31-21(27)19(25)30-18/h8-9,13-14,28,33H,5-7,10-11H2,1-4H3,(H,29,35)(H,32,34)(H4,26,27,31). The van der Waals surface area contributed by atoms with Crippen molar-refractivity contribution < 1.29 is 19.4 Å². The van der Waals surface area contributed by atoms with Crippen LogP contribution in [0.2, 0.25) is 5.15 Å². The van der Waals surface area contributed by atoms with Crippen LogP contribution in [0.4, 0.5) is 11.6 Å². The molecule has 8 N–H and O–H groups in total. The number of benzene rings is 1. The maximum absolute atomic E-state index is 12.8. The molecule has 3 rings (SSSR count). The van der Waals surface area contributed by atoms with E-state index in [1.807, 2.05) is 12.1 Å². The number of aryl methyl sites for hydroxylation is 1. The van der Waals surface area contributed by atoms with Crippen LogP contribution in [0.25, 0.3) is 0 Å². The van der Waals surface area contributed by atoms with Crippen LogP contribution in [0.15, 0.2) is 12.1 Å². The summed E-state index contributed by atoms with van der Waals surface area (Å²) in [5.41, 5.74) is 13.5. The summed E-state index contributed by atoms with van der Waals surface area (Å²) >= 11 is 5.83. The summed E-state index contributed by atoms with van der Waals surface area (Å²) in [5, 5.41) is 18.6. The Morgan fingerprint density at radius 2 is 1.89 bits per heavy atom. The van der Waals surface area contributed by atoms with Gasteiger partial charge in [0.25, 0.3) is 5.91 Å². The van der Waals surface area contributed by atoms with E-state index < -0.39 is 29.6 Å². The number of hydrogen-bond acceptors (Lipinski definition) is 9. The number of anilines is 2. The van der Waals surface area contributed by atoms with Crippen LogP contribution in [0, 0.1) is 6.92 Å². The lowest BCUT2D eigenvalue weighted by Gasteiger charge is -2.28. The Hall–Kier alpha value is -3.15. The van der Waals surface area contributed by atoms with E-state index in [4.69, 9.17) is 27.8 Å². The number of aromatic nitrogens is 2. The van der Waals surface area contributed by atoms with Crippen molar-refractivity contribution in [3.63, 3.8) is 0 Å². The number of aliphatic hydroxyl groups excluding tert-OH is 1. The zero-order valence-electron chi connectivity index (χ0n) is 20.9. The fraction of sp³-hybridized carbons (Fsp3) is 0.500. The zero-order chi connectivity index (χ0) is 26.6. The quantitative estimate of drug-likeness (QED) is 0.251. The van der Waals surface area contributed by atoms with E-state index in [0.29, 0.717) is 0 Å². The fourth-order valence-electron chi connectivity index (χ4n) is 3.98. The van der Waals surface area contributed by atoms with Gasteiger partial charge in [0.2, 0.25) is 5.91 Å². The predicted molar refractivity (Wildman–Crippen MR) is 138 cm³/mol. The summed E-state index contributed by atoms with van der Waals surface area (Å²) in [6.07, 6.45) is 1.88. The van der Waals surface area contributed by atoms with Crippen LogP contribution in [-0.2, 0) is 17.6 Å². The normalized spacial score (nSPS) is 14.6. The number of hydrogen-bond donors (Lipinski definition) is 6. The number of nitrogen functional groups attached to an aromatic ring is 2. The number of aliphatic hydroxyl groups is 1. The molecule has 0 bridgehead atoms. The lowest BCUT2D eigenvalue weighted by atomic mass is 10.0. The van der Waals surface area contributed by atoms with Gasteiger partial charge in [-0.05, 0) is 69.7 Å². The number of nitrogens with two attached hydrogens (primary N) is 2. The molecule has 2 amide bonds. The van der Waals surface area contributed by atoms with Gasteiger partial charge in [-0.2, -0.15) is 0 Å². The number of rotatable bonds is 10. The fourth-order valence-corrected chi connectivity index (χ4v) is 4.11. The number of nitrogens with one attached hydrogen (secondary N) is 3. The van der Waals surface area contributed by atoms with Crippen molar-refractivity contribution in [2.75, 3.05) is 24.6 Å². The van der Waals surface area contributed by atoms with Gasteiger partial charge in [-0.3, -0.25) is 14.9 Å². The van der Waals surface area contributed by atoms with E-state index in [1.165, 1.54) is 30.5 Å². The molecular formula is C24H34ClN7O4. The molecule has 2 atom stereocenters. The van der Waals surface area contributed by atoms with Crippen LogP contribution in [0.3, 0.4) is 0 Å². The second kappa shape index (κ2) is 11.3. The number of amides is 2. The second-order valence-electron chi connectivity index (χ2n) is 9.47. The van der Waals surface area contributed by atoms with Crippen LogP contribution in [-0.4, -0.2) is 57.8 Å². The highest BCUT2D eigenvalue weighted by Crippen LogP contribution is 2.33. The molecule has 11 nitrogen and oxygen atoms in total. The summed E-state index contributed by atoms with van der Waals surface area (Å²) in [5.74, 6) is -0.674. The van der Waals surface area contributed by atoms with Crippen molar-refractivity contribution in [2.24, 2.45) is 0 Å². The lowest BCUT2D eigenvalue weighted by molar-refractivity contribution is -0.127. The molecule has 2 aromatic rings. The Labute approximate surface area is 215 Å². The van der Waals surface area contributed by atoms with Crippen molar-refractivity contribution in [3.8, 4) is 5.75 Å². The average molecular weight is 520 g/mol. The minimum Gasteiger partial charge on any atom is -0.491 e. The first kappa shape index (κ1) is 27.4. The van der Waals surface area contributed by atoms with E-state index in [-0.39, 0.29) is 35.6 Å². The molecule has 1 aliphatic carbocycles. The van der Waals surface area contributed by atoms with Gasteiger partial charge in [0.05, 0.1) is 6.17 Å². The Bertz CT molecular complexity index is 1140. The molecule has 1 aliphatic rings. The molecule has 2 unspecified atom stereocenters. The van der Waals surface area contributed by atoms with Crippen LogP contribution in [0.1, 0.15) is 54.4 Å². The van der Waals surface area contributed by atoms with Crippen LogP contribution >= 0.6 is 11.6 Å². The number of carbonyl (C=O) groups excluding carboxylic acids is 2. The Kier molecular flexibility index (Phi) is 8.59. The van der Waals surface area contributed by atoms with E-state index >= 15 is 0 Å². The lowest BCUT2D eigenvalue weighted by Crippen LogP contribution is -2.59. The highest BCUT2D eigenvalue weighted by atomic mass is 35.5.